The molecular formula is C29H39N5O4. The number of ether oxygens (including phenoxy) is 1. The van der Waals surface area contributed by atoms with Crippen molar-refractivity contribution in [3.05, 3.63) is 59.9 Å². The summed E-state index contributed by atoms with van der Waals surface area (Å²) in [6, 6.07) is 11.6. The SMILES string of the molecule is CN(c1ccc(C(C)(C)C)cc1)C(C(=O)NC1CCOCC1)c1cccnc1.N#CN1CC(O)CC1C=O. The number of anilines is 1. The second kappa shape index (κ2) is 13.4. The maximum Gasteiger partial charge on any atom is 0.247 e. The Kier molecular flexibility index (Phi) is 10.2. The normalized spacial score (nSPS) is 20.5. The highest BCUT2D eigenvalue weighted by Crippen LogP contribution is 2.29. The van der Waals surface area contributed by atoms with Crippen molar-refractivity contribution in [1.82, 2.24) is 15.2 Å². The van der Waals surface area contributed by atoms with Crippen LogP contribution < -0.4 is 10.2 Å². The van der Waals surface area contributed by atoms with Crippen LogP contribution in [-0.2, 0) is 19.7 Å². The summed E-state index contributed by atoms with van der Waals surface area (Å²) in [6.07, 6.45) is 7.62. The number of β-amino-alcohol motifs (C(OH)–C–C–N with tert-alkyl or cyclic N) is 1. The van der Waals surface area contributed by atoms with Gasteiger partial charge in [-0.3, -0.25) is 14.7 Å². The molecule has 0 bridgehead atoms. The van der Waals surface area contributed by atoms with Gasteiger partial charge < -0.3 is 24.9 Å². The second-order valence-corrected chi connectivity index (χ2v) is 10.8. The lowest BCUT2D eigenvalue weighted by molar-refractivity contribution is -0.123. The molecule has 2 aliphatic rings. The average Bonchev–Trinajstić information content (AvgIpc) is 3.29. The molecule has 1 aromatic carbocycles. The molecule has 38 heavy (non-hydrogen) atoms. The second-order valence-electron chi connectivity index (χ2n) is 10.8. The molecule has 3 unspecified atom stereocenters. The molecule has 3 heterocycles. The van der Waals surface area contributed by atoms with E-state index in [1.165, 1.54) is 10.5 Å². The Bertz CT molecular complexity index is 1070. The van der Waals surface area contributed by atoms with Crippen molar-refractivity contribution in [2.45, 2.75) is 69.7 Å². The summed E-state index contributed by atoms with van der Waals surface area (Å²) >= 11 is 0. The lowest BCUT2D eigenvalue weighted by Gasteiger charge is -2.32. The monoisotopic (exact) mass is 521 g/mol. The fourth-order valence-corrected chi connectivity index (χ4v) is 4.64. The van der Waals surface area contributed by atoms with Gasteiger partial charge in [-0.1, -0.05) is 39.0 Å². The number of likely N-dealkylation sites (tertiary alicyclic amines) is 1. The zero-order valence-corrected chi connectivity index (χ0v) is 22.7. The van der Waals surface area contributed by atoms with Crippen molar-refractivity contribution < 1.29 is 19.4 Å². The number of carbonyl (C=O) groups excluding carboxylic acids is 2. The zero-order chi connectivity index (χ0) is 27.7. The number of nitrogens with one attached hydrogen (secondary N) is 1. The largest absolute Gasteiger partial charge is 0.391 e. The number of nitrogens with zero attached hydrogens (tertiary/aromatic N) is 4. The summed E-state index contributed by atoms with van der Waals surface area (Å²) in [4.78, 5) is 31.0. The number of hydrogen-bond donors (Lipinski definition) is 2. The summed E-state index contributed by atoms with van der Waals surface area (Å²) in [5, 5.41) is 20.6. The van der Waals surface area contributed by atoms with E-state index < -0.39 is 18.2 Å². The van der Waals surface area contributed by atoms with Gasteiger partial charge in [0, 0.05) is 56.4 Å². The van der Waals surface area contributed by atoms with Gasteiger partial charge in [-0.05, 0) is 42.0 Å². The molecule has 3 atom stereocenters. The Morgan fingerprint density at radius 3 is 2.47 bits per heavy atom. The predicted octanol–water partition coefficient (Wildman–Crippen LogP) is 2.95. The molecule has 1 aromatic heterocycles. The number of aldehydes is 1. The van der Waals surface area contributed by atoms with Crippen molar-refractivity contribution in [2.24, 2.45) is 0 Å². The van der Waals surface area contributed by atoms with Crippen LogP contribution in [0.5, 0.6) is 0 Å². The van der Waals surface area contributed by atoms with E-state index in [-0.39, 0.29) is 17.4 Å². The fourth-order valence-electron chi connectivity index (χ4n) is 4.64. The van der Waals surface area contributed by atoms with E-state index in [4.69, 9.17) is 15.1 Å². The first-order chi connectivity index (χ1) is 18.1. The Hall–Kier alpha value is -3.48. The summed E-state index contributed by atoms with van der Waals surface area (Å²) in [5.74, 6) is 0.00213. The highest BCUT2D eigenvalue weighted by molar-refractivity contribution is 5.86. The highest BCUT2D eigenvalue weighted by atomic mass is 16.5. The van der Waals surface area contributed by atoms with Gasteiger partial charge in [-0.25, -0.2) is 0 Å². The first kappa shape index (κ1) is 29.1. The molecule has 1 amide bonds. The molecule has 2 saturated heterocycles. The van der Waals surface area contributed by atoms with Gasteiger partial charge in [0.25, 0.3) is 0 Å². The molecule has 2 aliphatic heterocycles. The molecule has 2 aromatic rings. The minimum atomic E-state index is -0.519. The van der Waals surface area contributed by atoms with Gasteiger partial charge in [0.05, 0.1) is 18.7 Å². The van der Waals surface area contributed by atoms with Crippen LogP contribution in [0.4, 0.5) is 5.69 Å². The molecule has 0 radical (unpaired) electrons. The van der Waals surface area contributed by atoms with E-state index in [1.54, 1.807) is 12.4 Å². The highest BCUT2D eigenvalue weighted by Gasteiger charge is 2.30. The number of aliphatic hydroxyl groups excluding tert-OH is 1. The quantitative estimate of drug-likeness (QED) is 0.440. The van der Waals surface area contributed by atoms with E-state index >= 15 is 0 Å². The number of aliphatic hydroxyl groups is 1. The van der Waals surface area contributed by atoms with Crippen molar-refractivity contribution >= 4 is 17.9 Å². The number of aromatic nitrogens is 1. The number of amides is 1. The van der Waals surface area contributed by atoms with Crippen molar-refractivity contribution in [3.8, 4) is 6.19 Å². The molecule has 9 nitrogen and oxygen atoms in total. The van der Waals surface area contributed by atoms with Crippen LogP contribution in [0.15, 0.2) is 48.8 Å². The van der Waals surface area contributed by atoms with Crippen molar-refractivity contribution in [1.29, 1.82) is 5.26 Å². The molecule has 4 rings (SSSR count). The lowest BCUT2D eigenvalue weighted by Crippen LogP contribution is -2.45. The molecule has 0 spiro atoms. The maximum atomic E-state index is 13.2. The Labute approximate surface area is 225 Å². The molecular weight excluding hydrogens is 482 g/mol. The van der Waals surface area contributed by atoms with Crippen LogP contribution in [0.1, 0.15) is 57.2 Å². The molecule has 0 aliphatic carbocycles. The maximum absolute atomic E-state index is 13.2. The smallest absolute Gasteiger partial charge is 0.247 e. The minimum absolute atomic E-state index is 0.00213. The number of likely N-dealkylation sites (N-methyl/N-ethyl adjacent to an activating group) is 1. The number of pyridine rings is 1. The van der Waals surface area contributed by atoms with Crippen LogP contribution in [0.3, 0.4) is 0 Å². The van der Waals surface area contributed by atoms with E-state index in [9.17, 15) is 9.59 Å². The van der Waals surface area contributed by atoms with Crippen molar-refractivity contribution in [2.75, 3.05) is 31.7 Å². The standard InChI is InChI=1S/C23H31N3O2.C6H8N2O2/c1-23(2,3)18-7-9-20(10-8-18)26(4)21(17-6-5-13-24-16-17)22(27)25-19-11-14-28-15-12-19;7-4-8-2-6(10)1-5(8)3-9/h5-10,13,16,19,21H,11-12,14-15H2,1-4H3,(H,25,27);3,5-6,10H,1-2H2. The molecule has 2 N–H and O–H groups in total. The van der Waals surface area contributed by atoms with Crippen LogP contribution in [0.25, 0.3) is 0 Å². The molecule has 204 valence electrons. The van der Waals surface area contributed by atoms with Crippen LogP contribution in [0.2, 0.25) is 0 Å². The van der Waals surface area contributed by atoms with E-state index in [0.717, 1.165) is 24.1 Å². The van der Waals surface area contributed by atoms with Crippen LogP contribution >= 0.6 is 0 Å². The van der Waals surface area contributed by atoms with Crippen LogP contribution in [-0.4, -0.2) is 72.2 Å². The summed E-state index contributed by atoms with van der Waals surface area (Å²) in [6.45, 7) is 8.29. The minimum Gasteiger partial charge on any atom is -0.391 e. The Morgan fingerprint density at radius 2 is 1.95 bits per heavy atom. The third-order valence-electron chi connectivity index (χ3n) is 6.95. The van der Waals surface area contributed by atoms with Gasteiger partial charge in [-0.15, -0.1) is 0 Å². The molecule has 9 heteroatoms. The van der Waals surface area contributed by atoms with Gasteiger partial charge in [0.15, 0.2) is 6.19 Å². The van der Waals surface area contributed by atoms with E-state index in [0.29, 0.717) is 32.5 Å². The Morgan fingerprint density at radius 1 is 1.26 bits per heavy atom. The van der Waals surface area contributed by atoms with Crippen molar-refractivity contribution in [3.63, 3.8) is 0 Å². The summed E-state index contributed by atoms with van der Waals surface area (Å²) in [5.41, 5.74) is 3.26. The third-order valence-corrected chi connectivity index (χ3v) is 6.95. The molecule has 0 saturated carbocycles. The lowest BCUT2D eigenvalue weighted by atomic mass is 9.87. The number of hydrogen-bond acceptors (Lipinski definition) is 8. The molecule has 2 fully saturated rings. The average molecular weight is 522 g/mol. The van der Waals surface area contributed by atoms with Crippen LogP contribution in [0, 0.1) is 11.5 Å². The topological polar surface area (TPSA) is 119 Å². The number of nitriles is 1. The number of benzene rings is 1. The summed E-state index contributed by atoms with van der Waals surface area (Å²) < 4.78 is 5.41. The van der Waals surface area contributed by atoms with Gasteiger partial charge in [-0.2, -0.15) is 5.26 Å². The van der Waals surface area contributed by atoms with Gasteiger partial charge >= 0.3 is 0 Å². The zero-order valence-electron chi connectivity index (χ0n) is 22.7. The van der Waals surface area contributed by atoms with E-state index in [1.807, 2.05) is 30.3 Å². The Balaban J connectivity index is 0.000000336. The summed E-state index contributed by atoms with van der Waals surface area (Å²) in [7, 11) is 1.97. The predicted molar refractivity (Wildman–Crippen MR) is 145 cm³/mol. The van der Waals surface area contributed by atoms with Gasteiger partial charge in [0.2, 0.25) is 5.91 Å². The number of carbonyl (C=O) groups is 2. The van der Waals surface area contributed by atoms with E-state index in [2.05, 4.69) is 55.3 Å². The van der Waals surface area contributed by atoms with Gasteiger partial charge in [0.1, 0.15) is 12.3 Å². The third kappa shape index (κ3) is 7.76. The first-order valence-electron chi connectivity index (χ1n) is 13.0. The number of rotatable bonds is 6. The first-order valence-corrected chi connectivity index (χ1v) is 13.0. The fraction of sp³-hybridized carbons (Fsp3) is 0.517.